The average molecular weight is 388 g/mol. The number of carbonyl (C=O) groups excluding carboxylic acids is 1. The second kappa shape index (κ2) is 9.18. The minimum atomic E-state index is -0.182. The number of halogens is 3. The number of amides is 1. The zero-order chi connectivity index (χ0) is 16.7. The molecule has 1 amide bonds. The molecular weight excluding hydrogens is 375 g/mol. The van der Waals surface area contributed by atoms with Gasteiger partial charge in [0.1, 0.15) is 0 Å². The second-order valence-corrected chi connectivity index (χ2v) is 6.76. The molecule has 0 aliphatic rings. The molecule has 0 radical (unpaired) electrons. The van der Waals surface area contributed by atoms with Crippen LogP contribution in [0.5, 0.6) is 0 Å². The molecule has 1 N–H and O–H groups in total. The van der Waals surface area contributed by atoms with Crippen molar-refractivity contribution in [1.82, 2.24) is 5.43 Å². The molecule has 0 spiro atoms. The minimum Gasteiger partial charge on any atom is -0.272 e. The Morgan fingerprint density at radius 3 is 2.61 bits per heavy atom. The van der Waals surface area contributed by atoms with Crippen LogP contribution in [0.15, 0.2) is 47.6 Å². The van der Waals surface area contributed by atoms with Crippen molar-refractivity contribution in [2.75, 3.05) is 5.75 Å². The number of hydrogen-bond acceptors (Lipinski definition) is 3. The van der Waals surface area contributed by atoms with E-state index in [1.807, 2.05) is 24.3 Å². The summed E-state index contributed by atoms with van der Waals surface area (Å²) in [6, 6.07) is 12.7. The van der Waals surface area contributed by atoms with E-state index in [9.17, 15) is 4.79 Å². The summed E-state index contributed by atoms with van der Waals surface area (Å²) in [4.78, 5) is 11.7. The highest BCUT2D eigenvalue weighted by Crippen LogP contribution is 2.22. The lowest BCUT2D eigenvalue weighted by Gasteiger charge is -2.03. The summed E-state index contributed by atoms with van der Waals surface area (Å²) in [7, 11) is 0. The van der Waals surface area contributed by atoms with Crippen molar-refractivity contribution in [2.24, 2.45) is 5.10 Å². The summed E-state index contributed by atoms with van der Waals surface area (Å²) in [5.74, 6) is 0.784. The van der Waals surface area contributed by atoms with Gasteiger partial charge >= 0.3 is 0 Å². The molecule has 2 aromatic carbocycles. The lowest BCUT2D eigenvalue weighted by atomic mass is 10.2. The van der Waals surface area contributed by atoms with Crippen LogP contribution in [-0.4, -0.2) is 17.9 Å². The third-order valence-corrected chi connectivity index (χ3v) is 4.88. The number of hydrazone groups is 1. The van der Waals surface area contributed by atoms with E-state index in [1.165, 1.54) is 18.0 Å². The van der Waals surface area contributed by atoms with Crippen LogP contribution in [0.1, 0.15) is 11.1 Å². The van der Waals surface area contributed by atoms with Gasteiger partial charge in [0, 0.05) is 10.8 Å². The maximum absolute atomic E-state index is 11.7. The van der Waals surface area contributed by atoms with Crippen molar-refractivity contribution in [3.63, 3.8) is 0 Å². The first kappa shape index (κ1) is 18.1. The van der Waals surface area contributed by atoms with Crippen molar-refractivity contribution < 1.29 is 4.79 Å². The highest BCUT2D eigenvalue weighted by atomic mass is 35.5. The summed E-state index contributed by atoms with van der Waals surface area (Å²) < 4.78 is 0. The third kappa shape index (κ3) is 6.07. The van der Waals surface area contributed by atoms with Crippen LogP contribution >= 0.6 is 46.6 Å². The van der Waals surface area contributed by atoms with E-state index in [0.717, 1.165) is 11.1 Å². The van der Waals surface area contributed by atoms with E-state index in [-0.39, 0.29) is 5.91 Å². The number of nitrogens with zero attached hydrogens (tertiary/aromatic N) is 1. The Balaban J connectivity index is 1.75. The number of rotatable bonds is 6. The predicted molar refractivity (Wildman–Crippen MR) is 99.8 cm³/mol. The molecule has 2 aromatic rings. The Labute approximate surface area is 154 Å². The van der Waals surface area contributed by atoms with Crippen LogP contribution in [0.2, 0.25) is 15.1 Å². The lowest BCUT2D eigenvalue weighted by molar-refractivity contribution is -0.118. The number of nitrogens with one attached hydrogen (secondary N) is 1. The van der Waals surface area contributed by atoms with Crippen molar-refractivity contribution in [3.8, 4) is 0 Å². The first-order valence-electron chi connectivity index (χ1n) is 6.64. The Bertz CT molecular complexity index is 722. The summed E-state index contributed by atoms with van der Waals surface area (Å²) in [6.07, 6.45) is 1.51. The van der Waals surface area contributed by atoms with E-state index in [2.05, 4.69) is 10.5 Å². The largest absolute Gasteiger partial charge is 0.272 e. The molecule has 0 aliphatic carbocycles. The molecular formula is C16H13Cl3N2OS. The zero-order valence-corrected chi connectivity index (χ0v) is 15.0. The molecule has 0 aliphatic heterocycles. The molecule has 0 bridgehead atoms. The second-order valence-electron chi connectivity index (χ2n) is 4.55. The molecule has 2 rings (SSSR count). The van der Waals surface area contributed by atoms with Crippen LogP contribution in [0.3, 0.4) is 0 Å². The van der Waals surface area contributed by atoms with Crippen LogP contribution in [0.25, 0.3) is 0 Å². The molecule has 0 saturated heterocycles. The highest BCUT2D eigenvalue weighted by molar-refractivity contribution is 7.99. The van der Waals surface area contributed by atoms with Gasteiger partial charge in [-0.15, -0.1) is 11.8 Å². The van der Waals surface area contributed by atoms with Crippen LogP contribution in [0, 0.1) is 0 Å². The third-order valence-electron chi connectivity index (χ3n) is 2.80. The molecule has 0 fully saturated rings. The number of benzene rings is 2. The van der Waals surface area contributed by atoms with Gasteiger partial charge < -0.3 is 0 Å². The summed E-state index contributed by atoms with van der Waals surface area (Å²) in [5, 5.41) is 5.51. The van der Waals surface area contributed by atoms with Gasteiger partial charge in [0.05, 0.1) is 22.0 Å². The Kier molecular flexibility index (Phi) is 7.24. The quantitative estimate of drug-likeness (QED) is 0.558. The van der Waals surface area contributed by atoms with Gasteiger partial charge in [-0.3, -0.25) is 4.79 Å². The van der Waals surface area contributed by atoms with Crippen molar-refractivity contribution in [2.45, 2.75) is 5.75 Å². The molecule has 3 nitrogen and oxygen atoms in total. The Hall–Kier alpha value is -1.20. The molecule has 23 heavy (non-hydrogen) atoms. The maximum atomic E-state index is 11.7. The van der Waals surface area contributed by atoms with Crippen LogP contribution < -0.4 is 5.43 Å². The minimum absolute atomic E-state index is 0.182. The fourth-order valence-corrected chi connectivity index (χ4v) is 3.08. The van der Waals surface area contributed by atoms with Gasteiger partial charge in [0.25, 0.3) is 0 Å². The first-order chi connectivity index (χ1) is 11.1. The van der Waals surface area contributed by atoms with E-state index >= 15 is 0 Å². The lowest BCUT2D eigenvalue weighted by Crippen LogP contribution is -2.19. The standard InChI is InChI=1S/C16H13Cl3N2OS/c17-13-4-2-1-3-12(13)9-23-10-16(22)21-20-8-11-5-6-14(18)15(19)7-11/h1-8H,9-10H2,(H,21,22)/b20-8+. The molecule has 0 saturated carbocycles. The summed E-state index contributed by atoms with van der Waals surface area (Å²) >= 11 is 19.3. The number of thioether (sulfide) groups is 1. The topological polar surface area (TPSA) is 41.5 Å². The van der Waals surface area contributed by atoms with E-state index in [4.69, 9.17) is 34.8 Å². The van der Waals surface area contributed by atoms with E-state index in [0.29, 0.717) is 26.6 Å². The average Bonchev–Trinajstić information content (AvgIpc) is 2.53. The predicted octanol–water partition coefficient (Wildman–Crippen LogP) is 5.03. The Morgan fingerprint density at radius 1 is 1.09 bits per heavy atom. The van der Waals surface area contributed by atoms with Gasteiger partial charge in [-0.2, -0.15) is 5.10 Å². The summed E-state index contributed by atoms with van der Waals surface area (Å²) in [6.45, 7) is 0. The van der Waals surface area contributed by atoms with Gasteiger partial charge in [-0.1, -0.05) is 59.1 Å². The monoisotopic (exact) mass is 386 g/mol. The highest BCUT2D eigenvalue weighted by Gasteiger charge is 2.03. The fraction of sp³-hybridized carbons (Fsp3) is 0.125. The molecule has 7 heteroatoms. The van der Waals surface area contributed by atoms with E-state index in [1.54, 1.807) is 18.2 Å². The zero-order valence-electron chi connectivity index (χ0n) is 11.9. The SMILES string of the molecule is O=C(CSCc1ccccc1Cl)N/N=C/c1ccc(Cl)c(Cl)c1. The molecule has 0 atom stereocenters. The molecule has 120 valence electrons. The van der Waals surface area contributed by atoms with E-state index < -0.39 is 0 Å². The van der Waals surface area contributed by atoms with Gasteiger partial charge in [-0.25, -0.2) is 5.43 Å². The molecule has 0 unspecified atom stereocenters. The molecule has 0 aromatic heterocycles. The maximum Gasteiger partial charge on any atom is 0.250 e. The fourth-order valence-electron chi connectivity index (χ4n) is 1.67. The number of carbonyl (C=O) groups is 1. The van der Waals surface area contributed by atoms with Crippen molar-refractivity contribution in [1.29, 1.82) is 0 Å². The van der Waals surface area contributed by atoms with Crippen molar-refractivity contribution in [3.05, 3.63) is 68.7 Å². The molecule has 0 heterocycles. The van der Waals surface area contributed by atoms with Crippen LogP contribution in [0.4, 0.5) is 0 Å². The Morgan fingerprint density at radius 2 is 1.87 bits per heavy atom. The first-order valence-corrected chi connectivity index (χ1v) is 8.93. The van der Waals surface area contributed by atoms with Crippen LogP contribution in [-0.2, 0) is 10.5 Å². The smallest absolute Gasteiger partial charge is 0.250 e. The van der Waals surface area contributed by atoms with Gasteiger partial charge in [0.15, 0.2) is 0 Å². The normalized spacial score (nSPS) is 10.9. The summed E-state index contributed by atoms with van der Waals surface area (Å²) in [5.41, 5.74) is 4.23. The van der Waals surface area contributed by atoms with Crippen molar-refractivity contribution >= 4 is 58.7 Å². The van der Waals surface area contributed by atoms with Gasteiger partial charge in [0.2, 0.25) is 5.91 Å². The number of hydrogen-bond donors (Lipinski definition) is 1. The van der Waals surface area contributed by atoms with Gasteiger partial charge in [-0.05, 0) is 29.3 Å².